The third-order valence-electron chi connectivity index (χ3n) is 4.28. The van der Waals surface area contributed by atoms with Crippen molar-refractivity contribution in [1.29, 1.82) is 0 Å². The molecule has 108 valence electrons. The molecule has 0 saturated carbocycles. The molecule has 0 spiro atoms. The Morgan fingerprint density at radius 1 is 1.00 bits per heavy atom. The normalized spacial score (nSPS) is 15.6. The predicted molar refractivity (Wildman–Crippen MR) is 81.9 cm³/mol. The van der Waals surface area contributed by atoms with Crippen molar-refractivity contribution in [2.75, 3.05) is 13.1 Å². The second kappa shape index (κ2) is 5.34. The first-order chi connectivity index (χ1) is 10.1. The number of rotatable bonds is 3. The van der Waals surface area contributed by atoms with Crippen molar-refractivity contribution in [2.45, 2.75) is 18.4 Å². The van der Waals surface area contributed by atoms with Crippen LogP contribution < -0.4 is 0 Å². The van der Waals surface area contributed by atoms with Crippen molar-refractivity contribution in [3.63, 3.8) is 0 Å². The van der Waals surface area contributed by atoms with Gasteiger partial charge in [-0.3, -0.25) is 4.79 Å². The Labute approximate surface area is 124 Å². The zero-order valence-electron chi connectivity index (χ0n) is 12.1. The number of carbonyl (C=O) groups excluding carboxylic acids is 1. The molecule has 3 nitrogen and oxygen atoms in total. The lowest BCUT2D eigenvalue weighted by Crippen LogP contribution is -2.58. The number of hydrogen-bond acceptors (Lipinski definition) is 2. The Kier molecular flexibility index (Phi) is 3.52. The lowest BCUT2D eigenvalue weighted by molar-refractivity contribution is -0.145. The molecule has 1 amide bonds. The lowest BCUT2D eigenvalue weighted by atomic mass is 9.74. The van der Waals surface area contributed by atoms with E-state index in [1.165, 1.54) is 0 Å². The summed E-state index contributed by atoms with van der Waals surface area (Å²) in [6.07, 6.45) is -0.384. The van der Waals surface area contributed by atoms with E-state index in [0.717, 1.165) is 11.1 Å². The molecule has 2 aromatic rings. The highest BCUT2D eigenvalue weighted by molar-refractivity contribution is 5.92. The number of amides is 1. The van der Waals surface area contributed by atoms with Crippen LogP contribution in [0.15, 0.2) is 60.7 Å². The third-order valence-corrected chi connectivity index (χ3v) is 4.28. The molecular weight excluding hydrogens is 262 g/mol. The summed E-state index contributed by atoms with van der Waals surface area (Å²) in [5.41, 5.74) is 1.23. The molecule has 0 unspecified atom stereocenters. The van der Waals surface area contributed by atoms with Gasteiger partial charge in [0.2, 0.25) is 5.91 Å². The van der Waals surface area contributed by atoms with Crippen LogP contribution in [-0.4, -0.2) is 35.1 Å². The molecule has 3 heteroatoms. The van der Waals surface area contributed by atoms with Crippen LogP contribution in [0.25, 0.3) is 0 Å². The molecule has 2 aromatic carbocycles. The topological polar surface area (TPSA) is 40.5 Å². The van der Waals surface area contributed by atoms with Crippen LogP contribution in [0.5, 0.6) is 0 Å². The summed E-state index contributed by atoms with van der Waals surface area (Å²) in [6.45, 7) is 2.81. The maximum Gasteiger partial charge on any atom is 0.237 e. The van der Waals surface area contributed by atoms with Gasteiger partial charge >= 0.3 is 0 Å². The van der Waals surface area contributed by atoms with Gasteiger partial charge in [-0.25, -0.2) is 0 Å². The Morgan fingerprint density at radius 3 is 1.81 bits per heavy atom. The fraction of sp³-hybridized carbons (Fsp3) is 0.278. The summed E-state index contributed by atoms with van der Waals surface area (Å²) >= 11 is 0. The van der Waals surface area contributed by atoms with Gasteiger partial charge in [0.05, 0.1) is 11.5 Å². The first-order valence-electron chi connectivity index (χ1n) is 7.21. The van der Waals surface area contributed by atoms with Crippen LogP contribution in [0.3, 0.4) is 0 Å². The zero-order valence-corrected chi connectivity index (χ0v) is 12.1. The maximum absolute atomic E-state index is 13.0. The predicted octanol–water partition coefficient (Wildman–Crippen LogP) is 2.20. The van der Waals surface area contributed by atoms with Gasteiger partial charge in [-0.05, 0) is 18.1 Å². The highest BCUT2D eigenvalue weighted by Crippen LogP contribution is 2.35. The number of likely N-dealkylation sites (tertiary alicyclic amines) is 1. The van der Waals surface area contributed by atoms with Crippen LogP contribution in [0.4, 0.5) is 0 Å². The van der Waals surface area contributed by atoms with Crippen molar-refractivity contribution in [1.82, 2.24) is 4.90 Å². The van der Waals surface area contributed by atoms with Gasteiger partial charge in [0.25, 0.3) is 0 Å². The third kappa shape index (κ3) is 2.34. The van der Waals surface area contributed by atoms with E-state index in [1.54, 1.807) is 4.90 Å². The van der Waals surface area contributed by atoms with E-state index in [0.29, 0.717) is 13.1 Å². The minimum absolute atomic E-state index is 0.0465. The zero-order chi connectivity index (χ0) is 14.9. The Morgan fingerprint density at radius 2 is 1.43 bits per heavy atom. The molecule has 1 N–H and O–H groups in total. The van der Waals surface area contributed by atoms with Crippen LogP contribution in [0, 0.1) is 0 Å². The fourth-order valence-electron chi connectivity index (χ4n) is 2.89. The summed E-state index contributed by atoms with van der Waals surface area (Å²) in [7, 11) is 0. The molecule has 3 rings (SSSR count). The van der Waals surface area contributed by atoms with Crippen molar-refractivity contribution in [3.05, 3.63) is 71.8 Å². The second-order valence-electron chi connectivity index (χ2n) is 5.72. The van der Waals surface area contributed by atoms with Crippen molar-refractivity contribution < 1.29 is 9.90 Å². The van der Waals surface area contributed by atoms with Crippen LogP contribution in [0.2, 0.25) is 0 Å². The van der Waals surface area contributed by atoms with Gasteiger partial charge in [-0.15, -0.1) is 0 Å². The van der Waals surface area contributed by atoms with E-state index in [9.17, 15) is 9.90 Å². The minimum Gasteiger partial charge on any atom is -0.389 e. The monoisotopic (exact) mass is 281 g/mol. The highest BCUT2D eigenvalue weighted by atomic mass is 16.3. The van der Waals surface area contributed by atoms with Gasteiger partial charge in [-0.1, -0.05) is 60.7 Å². The summed E-state index contributed by atoms with van der Waals surface area (Å²) < 4.78 is 0. The molecular formula is C18H19NO2. The number of hydrogen-bond donors (Lipinski definition) is 1. The first-order valence-corrected chi connectivity index (χ1v) is 7.21. The van der Waals surface area contributed by atoms with Crippen molar-refractivity contribution >= 4 is 5.91 Å². The number of β-amino-alcohol motifs (C(OH)–C–C–N with tert-alkyl or cyclic N) is 1. The average Bonchev–Trinajstić information content (AvgIpc) is 2.52. The molecule has 0 bridgehead atoms. The molecule has 1 aliphatic rings. The molecule has 1 aliphatic heterocycles. The van der Waals surface area contributed by atoms with E-state index in [-0.39, 0.29) is 12.0 Å². The Balaban J connectivity index is 2.05. The SMILES string of the molecule is CC(C(=O)N1CC(O)C1)(c1ccccc1)c1ccccc1. The number of carbonyl (C=O) groups is 1. The van der Waals surface area contributed by atoms with Gasteiger partial charge in [0, 0.05) is 13.1 Å². The van der Waals surface area contributed by atoms with Crippen molar-refractivity contribution in [2.24, 2.45) is 0 Å². The van der Waals surface area contributed by atoms with Gasteiger partial charge in [0.1, 0.15) is 0 Å². The molecule has 0 radical (unpaired) electrons. The number of aliphatic hydroxyl groups is 1. The van der Waals surface area contributed by atoms with Gasteiger partial charge in [0.15, 0.2) is 0 Å². The number of aliphatic hydroxyl groups excluding tert-OH is 1. The summed E-state index contributed by atoms with van der Waals surface area (Å²) in [5.74, 6) is 0.0465. The number of benzene rings is 2. The molecule has 0 aliphatic carbocycles. The largest absolute Gasteiger partial charge is 0.389 e. The van der Waals surface area contributed by atoms with E-state index < -0.39 is 5.41 Å². The van der Waals surface area contributed by atoms with E-state index in [1.807, 2.05) is 67.6 Å². The molecule has 21 heavy (non-hydrogen) atoms. The van der Waals surface area contributed by atoms with Gasteiger partial charge in [-0.2, -0.15) is 0 Å². The maximum atomic E-state index is 13.0. The van der Waals surface area contributed by atoms with Crippen LogP contribution in [0.1, 0.15) is 18.1 Å². The average molecular weight is 281 g/mol. The number of nitrogens with zero attached hydrogens (tertiary/aromatic N) is 1. The van der Waals surface area contributed by atoms with Gasteiger partial charge < -0.3 is 10.0 Å². The quantitative estimate of drug-likeness (QED) is 0.937. The molecule has 0 atom stereocenters. The van der Waals surface area contributed by atoms with Crippen LogP contribution >= 0.6 is 0 Å². The Hall–Kier alpha value is -2.13. The van der Waals surface area contributed by atoms with E-state index >= 15 is 0 Å². The summed E-state index contributed by atoms with van der Waals surface area (Å²) in [6, 6.07) is 19.7. The first kappa shape index (κ1) is 13.8. The summed E-state index contributed by atoms with van der Waals surface area (Å²) in [5, 5.41) is 9.48. The molecule has 1 heterocycles. The molecule has 1 saturated heterocycles. The molecule has 0 aromatic heterocycles. The molecule has 1 fully saturated rings. The Bertz CT molecular complexity index is 579. The smallest absolute Gasteiger partial charge is 0.237 e. The highest BCUT2D eigenvalue weighted by Gasteiger charge is 2.43. The van der Waals surface area contributed by atoms with E-state index in [2.05, 4.69) is 0 Å². The lowest BCUT2D eigenvalue weighted by Gasteiger charge is -2.42. The minimum atomic E-state index is -0.720. The van der Waals surface area contributed by atoms with Crippen LogP contribution in [-0.2, 0) is 10.2 Å². The standard InChI is InChI=1S/C18H19NO2/c1-18(14-8-4-2-5-9-14,15-10-6-3-7-11-15)17(21)19-12-16(20)13-19/h2-11,16,20H,12-13H2,1H3. The fourth-order valence-corrected chi connectivity index (χ4v) is 2.89. The summed E-state index contributed by atoms with van der Waals surface area (Å²) in [4.78, 5) is 14.7. The van der Waals surface area contributed by atoms with E-state index in [4.69, 9.17) is 0 Å². The second-order valence-corrected chi connectivity index (χ2v) is 5.72. The van der Waals surface area contributed by atoms with Crippen molar-refractivity contribution in [3.8, 4) is 0 Å².